The molecule has 3 nitrogen and oxygen atoms in total. The van der Waals surface area contributed by atoms with Gasteiger partial charge in [0.1, 0.15) is 10.3 Å². The third kappa shape index (κ3) is 4.64. The summed E-state index contributed by atoms with van der Waals surface area (Å²) in [5.41, 5.74) is 1.32. The average molecular weight is 375 g/mol. The lowest BCUT2D eigenvalue weighted by Gasteiger charge is -1.97. The number of carbonyl (C=O) groups excluding carboxylic acids is 1. The first-order chi connectivity index (χ1) is 10.7. The van der Waals surface area contributed by atoms with Crippen LogP contribution in [0.4, 0.5) is 0 Å². The van der Waals surface area contributed by atoms with E-state index in [1.165, 1.54) is 5.57 Å². The summed E-state index contributed by atoms with van der Waals surface area (Å²) in [4.78, 5) is 21.8. The first-order valence-electron chi connectivity index (χ1n) is 8.15. The highest BCUT2D eigenvalue weighted by molar-refractivity contribution is 6.55. The Labute approximate surface area is 155 Å². The van der Waals surface area contributed by atoms with E-state index < -0.39 is 5.97 Å². The molecule has 2 saturated carbocycles. The number of halogens is 2. The molecule has 0 aromatic heterocycles. The predicted molar refractivity (Wildman–Crippen MR) is 99.1 cm³/mol. The molecular weight excluding hydrogens is 347 g/mol. The van der Waals surface area contributed by atoms with Crippen LogP contribution >= 0.6 is 23.2 Å². The van der Waals surface area contributed by atoms with Crippen LogP contribution in [0.3, 0.4) is 0 Å². The van der Waals surface area contributed by atoms with E-state index in [2.05, 4.69) is 33.8 Å². The van der Waals surface area contributed by atoms with Gasteiger partial charge in [0.05, 0.1) is 5.92 Å². The molecule has 0 spiro atoms. The number of carboxylic acid groups (broad SMARTS) is 1. The van der Waals surface area contributed by atoms with E-state index >= 15 is 0 Å². The standard InChI is InChI=1S/C11H18O.C8H10Cl2O2/c1-7(2)6-9-10(8(3)12)11(9,4)5;1-8(2)4(3-5(9)10)6(8)7(11)12/h6,9-10H,1-5H3;3-4,6H,1-2H3,(H,11,12). The summed E-state index contributed by atoms with van der Waals surface area (Å²) in [6, 6.07) is 0. The number of allylic oxidation sites excluding steroid dienone is 3. The van der Waals surface area contributed by atoms with Gasteiger partial charge in [-0.2, -0.15) is 0 Å². The zero-order valence-corrected chi connectivity index (χ0v) is 17.0. The Morgan fingerprint density at radius 3 is 1.54 bits per heavy atom. The highest BCUT2D eigenvalue weighted by Crippen LogP contribution is 2.60. The lowest BCUT2D eigenvalue weighted by Crippen LogP contribution is -2.02. The zero-order chi connectivity index (χ0) is 19.0. The Bertz CT molecular complexity index is 527. The van der Waals surface area contributed by atoms with Crippen molar-refractivity contribution in [2.45, 2.75) is 48.5 Å². The van der Waals surface area contributed by atoms with Crippen LogP contribution in [0.25, 0.3) is 0 Å². The number of rotatable bonds is 4. The highest BCUT2D eigenvalue weighted by atomic mass is 35.5. The fourth-order valence-electron chi connectivity index (χ4n) is 3.72. The fraction of sp³-hybridized carbons (Fsp3) is 0.684. The second-order valence-corrected chi connectivity index (χ2v) is 9.31. The van der Waals surface area contributed by atoms with E-state index in [4.69, 9.17) is 28.3 Å². The molecule has 0 aromatic rings. The number of carboxylic acids is 1. The van der Waals surface area contributed by atoms with Gasteiger partial charge in [-0.25, -0.2) is 0 Å². The summed E-state index contributed by atoms with van der Waals surface area (Å²) >= 11 is 10.9. The lowest BCUT2D eigenvalue weighted by molar-refractivity contribution is -0.139. The first-order valence-corrected chi connectivity index (χ1v) is 8.91. The number of ketones is 1. The van der Waals surface area contributed by atoms with Gasteiger partial charge in [0.2, 0.25) is 0 Å². The van der Waals surface area contributed by atoms with Crippen molar-refractivity contribution in [3.63, 3.8) is 0 Å². The number of carbonyl (C=O) groups is 2. The van der Waals surface area contributed by atoms with Gasteiger partial charge in [0.15, 0.2) is 0 Å². The molecule has 2 aliphatic rings. The van der Waals surface area contributed by atoms with E-state index in [9.17, 15) is 9.59 Å². The van der Waals surface area contributed by atoms with Crippen LogP contribution in [-0.2, 0) is 9.59 Å². The van der Waals surface area contributed by atoms with Crippen LogP contribution in [-0.4, -0.2) is 16.9 Å². The topological polar surface area (TPSA) is 54.4 Å². The third-order valence-corrected chi connectivity index (χ3v) is 5.60. The summed E-state index contributed by atoms with van der Waals surface area (Å²) in [6.45, 7) is 14.0. The van der Waals surface area contributed by atoms with E-state index in [0.717, 1.165) is 0 Å². The first kappa shape index (κ1) is 21.2. The highest BCUT2D eigenvalue weighted by Gasteiger charge is 2.61. The van der Waals surface area contributed by atoms with Gasteiger partial charge in [0.25, 0.3) is 0 Å². The molecule has 1 N–H and O–H groups in total. The maximum absolute atomic E-state index is 11.2. The van der Waals surface area contributed by atoms with Crippen LogP contribution < -0.4 is 0 Å². The lowest BCUT2D eigenvalue weighted by atomic mass is 10.1. The third-order valence-electron chi connectivity index (χ3n) is 5.34. The molecule has 2 aliphatic carbocycles. The van der Waals surface area contributed by atoms with Crippen molar-refractivity contribution in [2.24, 2.45) is 34.5 Å². The van der Waals surface area contributed by atoms with Crippen LogP contribution in [0.5, 0.6) is 0 Å². The zero-order valence-electron chi connectivity index (χ0n) is 15.5. The van der Waals surface area contributed by atoms with Gasteiger partial charge in [-0.3, -0.25) is 9.59 Å². The van der Waals surface area contributed by atoms with Crippen molar-refractivity contribution < 1.29 is 14.7 Å². The molecule has 4 atom stereocenters. The number of hydrogen-bond acceptors (Lipinski definition) is 2. The van der Waals surface area contributed by atoms with Gasteiger partial charge in [-0.1, -0.05) is 62.5 Å². The molecular formula is C19H28Cl2O3. The van der Waals surface area contributed by atoms with Gasteiger partial charge < -0.3 is 5.11 Å². The molecule has 5 heteroatoms. The molecule has 2 rings (SSSR count). The quantitative estimate of drug-likeness (QED) is 0.663. The number of hydrogen-bond donors (Lipinski definition) is 1. The molecule has 0 saturated heterocycles. The molecule has 4 unspecified atom stereocenters. The molecule has 24 heavy (non-hydrogen) atoms. The van der Waals surface area contributed by atoms with Crippen LogP contribution in [0.15, 0.2) is 22.2 Å². The second-order valence-electron chi connectivity index (χ2n) is 8.30. The Kier molecular flexibility index (Phi) is 6.38. The minimum Gasteiger partial charge on any atom is -0.481 e. The monoisotopic (exact) mass is 374 g/mol. The van der Waals surface area contributed by atoms with Gasteiger partial charge in [-0.05, 0) is 49.5 Å². The molecule has 0 aliphatic heterocycles. The van der Waals surface area contributed by atoms with Crippen molar-refractivity contribution in [2.75, 3.05) is 0 Å². The van der Waals surface area contributed by atoms with Gasteiger partial charge in [-0.15, -0.1) is 0 Å². The average Bonchev–Trinajstić information content (AvgIpc) is 3.08. The van der Waals surface area contributed by atoms with Gasteiger partial charge in [0, 0.05) is 5.92 Å². The number of Topliss-reactive ketones (excluding diaryl/α,β-unsaturated/α-hetero) is 1. The molecule has 136 valence electrons. The molecule has 2 fully saturated rings. The van der Waals surface area contributed by atoms with E-state index in [1.807, 2.05) is 13.8 Å². The SMILES string of the molecule is CC(=O)C1C(C=C(C)C)C1(C)C.CC1(C)C(C=C(Cl)Cl)C1C(=O)O. The minimum absolute atomic E-state index is 0.0278. The molecule has 0 radical (unpaired) electrons. The summed E-state index contributed by atoms with van der Waals surface area (Å²) in [7, 11) is 0. The smallest absolute Gasteiger partial charge is 0.307 e. The van der Waals surface area contributed by atoms with E-state index in [0.29, 0.717) is 11.7 Å². The number of aliphatic carboxylic acids is 1. The van der Waals surface area contributed by atoms with Gasteiger partial charge >= 0.3 is 5.97 Å². The van der Waals surface area contributed by atoms with Crippen molar-refractivity contribution in [1.82, 2.24) is 0 Å². The van der Waals surface area contributed by atoms with E-state index in [1.54, 1.807) is 13.0 Å². The van der Waals surface area contributed by atoms with E-state index in [-0.39, 0.29) is 33.1 Å². The van der Waals surface area contributed by atoms with Crippen LogP contribution in [0.2, 0.25) is 0 Å². The van der Waals surface area contributed by atoms with Crippen molar-refractivity contribution in [3.05, 3.63) is 22.2 Å². The normalized spacial score (nSPS) is 31.0. The Morgan fingerprint density at radius 1 is 0.875 bits per heavy atom. The Morgan fingerprint density at radius 2 is 1.29 bits per heavy atom. The van der Waals surface area contributed by atoms with Crippen molar-refractivity contribution in [3.8, 4) is 0 Å². The molecule has 0 bridgehead atoms. The summed E-state index contributed by atoms with van der Waals surface area (Å²) in [5.74, 6) is -0.0595. The Hall–Kier alpha value is -0.800. The van der Waals surface area contributed by atoms with Crippen molar-refractivity contribution in [1.29, 1.82) is 0 Å². The second kappa shape index (κ2) is 7.21. The molecule has 0 aromatic carbocycles. The maximum atomic E-state index is 11.2. The molecule has 0 heterocycles. The fourth-order valence-corrected chi connectivity index (χ4v) is 3.99. The minimum atomic E-state index is -0.782. The van der Waals surface area contributed by atoms with Crippen LogP contribution in [0, 0.1) is 34.5 Å². The molecule has 0 amide bonds. The largest absolute Gasteiger partial charge is 0.481 e. The Balaban J connectivity index is 0.000000240. The van der Waals surface area contributed by atoms with Crippen LogP contribution in [0.1, 0.15) is 48.5 Å². The maximum Gasteiger partial charge on any atom is 0.307 e. The predicted octanol–water partition coefficient (Wildman–Crippen LogP) is 5.48. The van der Waals surface area contributed by atoms with Crippen molar-refractivity contribution >= 4 is 35.0 Å². The summed E-state index contributed by atoms with van der Waals surface area (Å²) in [6.07, 6.45) is 3.83. The summed E-state index contributed by atoms with van der Waals surface area (Å²) in [5, 5.41) is 8.76. The summed E-state index contributed by atoms with van der Waals surface area (Å²) < 4.78 is 0.150.